The van der Waals surface area contributed by atoms with Crippen LogP contribution in [0.5, 0.6) is 11.5 Å². The number of likely N-dealkylation sites (tertiary alicyclic amines) is 1. The van der Waals surface area contributed by atoms with Crippen molar-refractivity contribution in [1.29, 1.82) is 0 Å². The van der Waals surface area contributed by atoms with E-state index < -0.39 is 5.97 Å². The van der Waals surface area contributed by atoms with Crippen molar-refractivity contribution in [2.24, 2.45) is 0 Å². The van der Waals surface area contributed by atoms with E-state index in [1.165, 1.54) is 16.5 Å². The van der Waals surface area contributed by atoms with Crippen molar-refractivity contribution < 1.29 is 23.8 Å². The van der Waals surface area contributed by atoms with Gasteiger partial charge in [-0.05, 0) is 91.5 Å². The van der Waals surface area contributed by atoms with Gasteiger partial charge in [0.05, 0.1) is 32.6 Å². The van der Waals surface area contributed by atoms with E-state index in [0.29, 0.717) is 30.3 Å². The molecule has 0 amide bonds. The highest BCUT2D eigenvalue weighted by Gasteiger charge is 2.25. The maximum Gasteiger partial charge on any atom is 0.336 e. The molecular formula is C28H30N2O5. The minimum atomic E-state index is -0.907. The van der Waals surface area contributed by atoms with Crippen LogP contribution in [0, 0.1) is 0 Å². The highest BCUT2D eigenvalue weighted by molar-refractivity contribution is 5.89. The quantitative estimate of drug-likeness (QED) is 0.370. The van der Waals surface area contributed by atoms with Gasteiger partial charge in [-0.1, -0.05) is 0 Å². The average molecular weight is 475 g/mol. The van der Waals surface area contributed by atoms with Crippen LogP contribution < -0.4 is 9.47 Å². The molecule has 1 aliphatic rings. The van der Waals surface area contributed by atoms with Crippen molar-refractivity contribution >= 4 is 16.9 Å². The zero-order valence-electron chi connectivity index (χ0n) is 20.1. The van der Waals surface area contributed by atoms with E-state index in [9.17, 15) is 9.90 Å². The van der Waals surface area contributed by atoms with Gasteiger partial charge in [-0.25, -0.2) is 4.79 Å². The molecule has 0 radical (unpaired) electrons. The number of benzene rings is 2. The first-order valence-corrected chi connectivity index (χ1v) is 11.9. The highest BCUT2D eigenvalue weighted by atomic mass is 16.5. The predicted octanol–water partition coefficient (Wildman–Crippen LogP) is 5.38. The van der Waals surface area contributed by atoms with Gasteiger partial charge in [0, 0.05) is 23.6 Å². The molecule has 1 aliphatic heterocycles. The number of aromatic nitrogens is 1. The van der Waals surface area contributed by atoms with Gasteiger partial charge < -0.3 is 23.6 Å². The van der Waals surface area contributed by atoms with Gasteiger partial charge in [-0.15, -0.1) is 0 Å². The smallest absolute Gasteiger partial charge is 0.336 e. The molecule has 182 valence electrons. The zero-order chi connectivity index (χ0) is 24.4. The molecule has 4 aromatic rings. The number of furan rings is 1. The molecule has 7 heteroatoms. The number of fused-ring (bicyclic) bond motifs is 1. The van der Waals surface area contributed by atoms with Gasteiger partial charge in [-0.2, -0.15) is 0 Å². The summed E-state index contributed by atoms with van der Waals surface area (Å²) in [6.07, 6.45) is 5.98. The molecule has 0 atom stereocenters. The summed E-state index contributed by atoms with van der Waals surface area (Å²) in [5.41, 5.74) is 3.62. The van der Waals surface area contributed by atoms with Crippen LogP contribution in [0.2, 0.25) is 0 Å². The Balaban J connectivity index is 1.36. The molecular weight excluding hydrogens is 444 g/mol. The number of carbonyl (C=O) groups is 1. The van der Waals surface area contributed by atoms with E-state index in [-0.39, 0.29) is 0 Å². The van der Waals surface area contributed by atoms with Gasteiger partial charge in [-0.3, -0.25) is 4.90 Å². The third-order valence-electron chi connectivity index (χ3n) is 6.99. The summed E-state index contributed by atoms with van der Waals surface area (Å²) in [6.45, 7) is 3.08. The molecule has 7 nitrogen and oxygen atoms in total. The molecule has 1 N–H and O–H groups in total. The van der Waals surface area contributed by atoms with E-state index >= 15 is 0 Å². The van der Waals surface area contributed by atoms with Gasteiger partial charge in [0.25, 0.3) is 0 Å². The second-order valence-corrected chi connectivity index (χ2v) is 9.05. The van der Waals surface area contributed by atoms with E-state index in [1.807, 2.05) is 24.3 Å². The Morgan fingerprint density at radius 3 is 2.46 bits per heavy atom. The Morgan fingerprint density at radius 2 is 1.77 bits per heavy atom. The van der Waals surface area contributed by atoms with E-state index in [2.05, 4.69) is 27.8 Å². The summed E-state index contributed by atoms with van der Waals surface area (Å²) in [7, 11) is 3.30. The Bertz CT molecular complexity index is 1320. The van der Waals surface area contributed by atoms with E-state index in [4.69, 9.17) is 13.9 Å². The first kappa shape index (κ1) is 23.1. The first-order chi connectivity index (χ1) is 17.1. The molecule has 0 saturated carbocycles. The van der Waals surface area contributed by atoms with Crippen LogP contribution in [-0.4, -0.2) is 47.9 Å². The fraction of sp³-hybridized carbons (Fsp3) is 0.321. The number of ether oxygens (including phenoxy) is 2. The minimum absolute atomic E-state index is 0.334. The first-order valence-electron chi connectivity index (χ1n) is 11.9. The number of nitrogens with zero attached hydrogens (tertiary/aromatic N) is 2. The molecule has 0 unspecified atom stereocenters. The molecule has 2 aromatic carbocycles. The number of carboxylic acid groups (broad SMARTS) is 1. The largest absolute Gasteiger partial charge is 0.497 e. The summed E-state index contributed by atoms with van der Waals surface area (Å²) < 4.78 is 18.7. The summed E-state index contributed by atoms with van der Waals surface area (Å²) in [5.74, 6) is 1.97. The van der Waals surface area contributed by atoms with E-state index in [1.54, 1.807) is 32.6 Å². The third kappa shape index (κ3) is 4.77. The van der Waals surface area contributed by atoms with Gasteiger partial charge in [0.1, 0.15) is 17.3 Å². The maximum absolute atomic E-state index is 11.7. The van der Waals surface area contributed by atoms with E-state index in [0.717, 1.165) is 43.0 Å². The number of hydrogen-bond acceptors (Lipinski definition) is 5. The zero-order valence-corrected chi connectivity index (χ0v) is 20.1. The number of carboxylic acids is 1. The lowest BCUT2D eigenvalue weighted by Crippen LogP contribution is -2.33. The van der Waals surface area contributed by atoms with Crippen LogP contribution in [0.3, 0.4) is 0 Å². The van der Waals surface area contributed by atoms with Crippen molar-refractivity contribution in [2.75, 3.05) is 27.3 Å². The average Bonchev–Trinajstić information content (AvgIpc) is 3.52. The topological polar surface area (TPSA) is 77.1 Å². The molecule has 1 saturated heterocycles. The number of methoxy groups -OCH3 is 2. The molecule has 5 rings (SSSR count). The van der Waals surface area contributed by atoms with Gasteiger partial charge >= 0.3 is 5.97 Å². The highest BCUT2D eigenvalue weighted by Crippen LogP contribution is 2.37. The normalized spacial score (nSPS) is 14.9. The van der Waals surface area contributed by atoms with Crippen molar-refractivity contribution in [1.82, 2.24) is 9.47 Å². The van der Waals surface area contributed by atoms with Crippen LogP contribution in [0.25, 0.3) is 10.9 Å². The van der Waals surface area contributed by atoms with Crippen LogP contribution >= 0.6 is 0 Å². The molecule has 3 heterocycles. The summed E-state index contributed by atoms with van der Waals surface area (Å²) in [4.78, 5) is 14.0. The van der Waals surface area contributed by atoms with Crippen molar-refractivity contribution in [3.05, 3.63) is 83.4 Å². The predicted molar refractivity (Wildman–Crippen MR) is 134 cm³/mol. The summed E-state index contributed by atoms with van der Waals surface area (Å²) >= 11 is 0. The Kier molecular flexibility index (Phi) is 6.51. The van der Waals surface area contributed by atoms with Crippen molar-refractivity contribution in [2.45, 2.75) is 31.8 Å². The fourth-order valence-electron chi connectivity index (χ4n) is 5.14. The lowest BCUT2D eigenvalue weighted by atomic mass is 9.89. The number of rotatable bonds is 8. The molecule has 35 heavy (non-hydrogen) atoms. The second-order valence-electron chi connectivity index (χ2n) is 9.05. The minimum Gasteiger partial charge on any atom is -0.497 e. The van der Waals surface area contributed by atoms with Crippen LogP contribution in [-0.2, 0) is 13.1 Å². The van der Waals surface area contributed by atoms with Crippen LogP contribution in [0.15, 0.2) is 65.4 Å². The molecule has 1 fully saturated rings. The Morgan fingerprint density at radius 1 is 1.03 bits per heavy atom. The summed E-state index contributed by atoms with van der Waals surface area (Å²) in [6, 6.07) is 15.3. The lowest BCUT2D eigenvalue weighted by molar-refractivity contribution is 0.0694. The monoisotopic (exact) mass is 474 g/mol. The van der Waals surface area contributed by atoms with Gasteiger partial charge in [0.15, 0.2) is 0 Å². The number of hydrogen-bond donors (Lipinski definition) is 1. The number of aromatic carboxylic acids is 1. The number of piperidine rings is 1. The van der Waals surface area contributed by atoms with Crippen molar-refractivity contribution in [3.63, 3.8) is 0 Å². The lowest BCUT2D eigenvalue weighted by Gasteiger charge is -2.32. The Labute approximate surface area is 204 Å². The second kappa shape index (κ2) is 9.88. The molecule has 0 aliphatic carbocycles. The van der Waals surface area contributed by atoms with Crippen LogP contribution in [0.1, 0.15) is 46.0 Å². The molecule has 2 aromatic heterocycles. The molecule has 0 spiro atoms. The van der Waals surface area contributed by atoms with Gasteiger partial charge in [0.2, 0.25) is 0 Å². The fourth-order valence-corrected chi connectivity index (χ4v) is 5.14. The molecule has 0 bridgehead atoms. The van der Waals surface area contributed by atoms with Crippen LogP contribution in [0.4, 0.5) is 0 Å². The SMILES string of the molecule is COc1ccc(C(=O)O)c(CN2CCC(c3cn(Cc4ccco4)c4ccc(OC)cc34)CC2)c1. The standard InChI is InChI=1S/C28H30N2O5/c1-33-21-5-7-24(28(31)32)20(14-21)16-29-11-9-19(10-12-29)26-18-30(17-23-4-3-13-35-23)27-8-6-22(34-2)15-25(26)27/h3-8,13-15,18-19H,9-12,16-17H2,1-2H3,(H,31,32). The maximum atomic E-state index is 11.7. The summed E-state index contributed by atoms with van der Waals surface area (Å²) in [5, 5.41) is 10.8. The Hall–Kier alpha value is -3.71. The third-order valence-corrected chi connectivity index (χ3v) is 6.99. The van der Waals surface area contributed by atoms with Crippen molar-refractivity contribution in [3.8, 4) is 11.5 Å².